The fourth-order valence-electron chi connectivity index (χ4n) is 1.16. The molecule has 70 valence electrons. The second kappa shape index (κ2) is 3.98. The van der Waals surface area contributed by atoms with Crippen LogP contribution in [-0.4, -0.2) is 5.96 Å². The van der Waals surface area contributed by atoms with Gasteiger partial charge in [0.25, 0.3) is 0 Å². The van der Waals surface area contributed by atoms with Crippen molar-refractivity contribution in [1.82, 2.24) is 0 Å². The first-order chi connectivity index (χ1) is 5.75. The van der Waals surface area contributed by atoms with Gasteiger partial charge in [-0.2, -0.15) is 0 Å². The predicted octanol–water partition coefficient (Wildman–Crippen LogP) is 2.16. The Morgan fingerprint density at radius 2 is 2.23 bits per heavy atom. The molecule has 0 atom stereocenters. The lowest BCUT2D eigenvalue weighted by Gasteiger charge is -2.15. The molecule has 1 aliphatic rings. The number of nitrogens with two attached hydrogens (primary N) is 1. The maximum atomic E-state index is 5.81. The minimum absolute atomic E-state index is 0. The van der Waals surface area contributed by atoms with E-state index in [2.05, 4.69) is 10.3 Å². The summed E-state index contributed by atoms with van der Waals surface area (Å²) in [5, 5.41) is 3.68. The van der Waals surface area contributed by atoms with Crippen LogP contribution >= 0.6 is 28.6 Å². The van der Waals surface area contributed by atoms with Crippen molar-refractivity contribution in [2.24, 2.45) is 10.7 Å². The highest BCUT2D eigenvalue weighted by molar-refractivity contribution is 8.93. The van der Waals surface area contributed by atoms with Crippen LogP contribution in [0.5, 0.6) is 0 Å². The van der Waals surface area contributed by atoms with E-state index in [9.17, 15) is 0 Å². The maximum Gasteiger partial charge on any atom is 0.193 e. The van der Waals surface area contributed by atoms with Crippen LogP contribution in [0.15, 0.2) is 23.2 Å². The van der Waals surface area contributed by atoms with E-state index in [0.717, 1.165) is 16.3 Å². The summed E-state index contributed by atoms with van der Waals surface area (Å²) in [6.45, 7) is 0.606. The second-order valence-corrected chi connectivity index (χ2v) is 3.06. The first-order valence-electron chi connectivity index (χ1n) is 3.61. The Balaban J connectivity index is 0.000000845. The number of fused-ring (bicyclic) bond motifs is 1. The smallest absolute Gasteiger partial charge is 0.193 e. The Bertz CT molecular complexity index is 351. The molecule has 0 amide bonds. The zero-order valence-corrected chi connectivity index (χ0v) is 9.22. The molecule has 0 unspecified atom stereocenters. The number of benzene rings is 1. The summed E-state index contributed by atoms with van der Waals surface area (Å²) in [4.78, 5) is 4.04. The van der Waals surface area contributed by atoms with E-state index >= 15 is 0 Å². The molecule has 0 bridgehead atoms. The molecule has 0 saturated heterocycles. The summed E-state index contributed by atoms with van der Waals surface area (Å²) in [6, 6.07) is 5.62. The van der Waals surface area contributed by atoms with Gasteiger partial charge in [-0.3, -0.25) is 0 Å². The Kier molecular flexibility index (Phi) is 3.17. The summed E-state index contributed by atoms with van der Waals surface area (Å²) in [6.07, 6.45) is 0. The standard InChI is InChI=1S/C8H8ClN3.BrH/c9-6-1-2-7-5(3-6)4-11-8(10)12-7;/h1-3H,4H2,(H3,10,11,12);1H. The predicted molar refractivity (Wildman–Crippen MR) is 60.7 cm³/mol. The van der Waals surface area contributed by atoms with E-state index in [4.69, 9.17) is 17.3 Å². The van der Waals surface area contributed by atoms with Crippen molar-refractivity contribution >= 4 is 40.2 Å². The highest BCUT2D eigenvalue weighted by atomic mass is 79.9. The van der Waals surface area contributed by atoms with E-state index < -0.39 is 0 Å². The van der Waals surface area contributed by atoms with Crippen molar-refractivity contribution in [3.05, 3.63) is 28.8 Å². The Morgan fingerprint density at radius 1 is 1.46 bits per heavy atom. The van der Waals surface area contributed by atoms with Gasteiger partial charge in [0.2, 0.25) is 0 Å². The van der Waals surface area contributed by atoms with Gasteiger partial charge in [0.15, 0.2) is 5.96 Å². The third kappa shape index (κ3) is 2.14. The van der Waals surface area contributed by atoms with Gasteiger partial charge < -0.3 is 11.1 Å². The van der Waals surface area contributed by atoms with Crippen molar-refractivity contribution in [2.75, 3.05) is 5.32 Å². The summed E-state index contributed by atoms with van der Waals surface area (Å²) >= 11 is 5.81. The lowest BCUT2D eigenvalue weighted by Crippen LogP contribution is -2.25. The largest absolute Gasteiger partial charge is 0.370 e. The summed E-state index contributed by atoms with van der Waals surface area (Å²) in [5.74, 6) is 0.463. The molecular formula is C8H9BrClN3. The molecule has 3 N–H and O–H groups in total. The Labute approximate surface area is 91.8 Å². The van der Waals surface area contributed by atoms with Crippen LogP contribution < -0.4 is 11.1 Å². The van der Waals surface area contributed by atoms with Crippen molar-refractivity contribution in [2.45, 2.75) is 6.54 Å². The van der Waals surface area contributed by atoms with Crippen LogP contribution in [0.25, 0.3) is 0 Å². The Morgan fingerprint density at radius 3 is 3.00 bits per heavy atom. The highest BCUT2D eigenvalue weighted by Gasteiger charge is 2.08. The molecule has 0 spiro atoms. The number of nitrogens with one attached hydrogen (secondary N) is 1. The molecule has 0 saturated carbocycles. The fourth-order valence-corrected chi connectivity index (χ4v) is 1.36. The quantitative estimate of drug-likeness (QED) is 0.753. The molecule has 2 rings (SSSR count). The minimum atomic E-state index is 0. The molecule has 0 fully saturated rings. The molecule has 1 aliphatic heterocycles. The number of nitrogens with zero attached hydrogens (tertiary/aromatic N) is 1. The third-order valence-corrected chi connectivity index (χ3v) is 1.98. The van der Waals surface area contributed by atoms with Crippen LogP contribution in [0.2, 0.25) is 5.02 Å². The van der Waals surface area contributed by atoms with Gasteiger partial charge in [-0.25, -0.2) is 4.99 Å². The van der Waals surface area contributed by atoms with Gasteiger partial charge in [0, 0.05) is 10.7 Å². The molecule has 1 heterocycles. The van der Waals surface area contributed by atoms with Gasteiger partial charge >= 0.3 is 0 Å². The molecule has 0 aromatic heterocycles. The maximum absolute atomic E-state index is 5.81. The van der Waals surface area contributed by atoms with Crippen LogP contribution in [-0.2, 0) is 6.54 Å². The van der Waals surface area contributed by atoms with E-state index in [1.165, 1.54) is 0 Å². The van der Waals surface area contributed by atoms with Gasteiger partial charge in [-0.15, -0.1) is 17.0 Å². The van der Waals surface area contributed by atoms with E-state index in [0.29, 0.717) is 12.5 Å². The first kappa shape index (κ1) is 10.3. The zero-order chi connectivity index (χ0) is 8.55. The molecule has 1 aromatic rings. The molecular weight excluding hydrogens is 253 g/mol. The minimum Gasteiger partial charge on any atom is -0.370 e. The lowest BCUT2D eigenvalue weighted by atomic mass is 10.1. The number of rotatable bonds is 0. The van der Waals surface area contributed by atoms with Crippen molar-refractivity contribution in [1.29, 1.82) is 0 Å². The van der Waals surface area contributed by atoms with Gasteiger partial charge in [-0.05, 0) is 23.8 Å². The van der Waals surface area contributed by atoms with Crippen LogP contribution in [0, 0.1) is 0 Å². The lowest BCUT2D eigenvalue weighted by molar-refractivity contribution is 1.04. The zero-order valence-electron chi connectivity index (χ0n) is 6.75. The average Bonchev–Trinajstić information content (AvgIpc) is 2.05. The van der Waals surface area contributed by atoms with E-state index in [1.807, 2.05) is 18.2 Å². The van der Waals surface area contributed by atoms with Crippen LogP contribution in [0.3, 0.4) is 0 Å². The summed E-state index contributed by atoms with van der Waals surface area (Å²) in [5.41, 5.74) is 7.57. The number of halogens is 2. The second-order valence-electron chi connectivity index (χ2n) is 2.63. The topological polar surface area (TPSA) is 50.4 Å². The third-order valence-electron chi connectivity index (χ3n) is 1.75. The van der Waals surface area contributed by atoms with E-state index in [-0.39, 0.29) is 17.0 Å². The van der Waals surface area contributed by atoms with Crippen molar-refractivity contribution < 1.29 is 0 Å². The van der Waals surface area contributed by atoms with Crippen LogP contribution in [0.4, 0.5) is 5.69 Å². The van der Waals surface area contributed by atoms with Crippen molar-refractivity contribution in [3.63, 3.8) is 0 Å². The van der Waals surface area contributed by atoms with E-state index in [1.54, 1.807) is 0 Å². The normalized spacial score (nSPS) is 13.5. The number of hydrogen-bond acceptors (Lipinski definition) is 3. The van der Waals surface area contributed by atoms with Crippen molar-refractivity contribution in [3.8, 4) is 0 Å². The number of guanidine groups is 1. The van der Waals surface area contributed by atoms with Gasteiger partial charge in [0.1, 0.15) is 0 Å². The molecule has 0 radical (unpaired) electrons. The average molecular weight is 263 g/mol. The molecule has 0 aliphatic carbocycles. The molecule has 1 aromatic carbocycles. The number of hydrogen-bond donors (Lipinski definition) is 2. The van der Waals surface area contributed by atoms with Gasteiger partial charge in [-0.1, -0.05) is 11.6 Å². The Hall–Kier alpha value is -0.740. The monoisotopic (exact) mass is 261 g/mol. The number of anilines is 1. The fraction of sp³-hybridized carbons (Fsp3) is 0.125. The molecule has 5 heteroatoms. The summed E-state index contributed by atoms with van der Waals surface area (Å²) < 4.78 is 0. The molecule has 13 heavy (non-hydrogen) atoms. The first-order valence-corrected chi connectivity index (χ1v) is 3.99. The van der Waals surface area contributed by atoms with Gasteiger partial charge in [0.05, 0.1) is 6.54 Å². The number of aliphatic imine (C=N–C) groups is 1. The van der Waals surface area contributed by atoms with Crippen LogP contribution in [0.1, 0.15) is 5.56 Å². The highest BCUT2D eigenvalue weighted by Crippen LogP contribution is 2.23. The summed E-state index contributed by atoms with van der Waals surface area (Å²) in [7, 11) is 0. The SMILES string of the molecule is Br.NC1=NCc2cc(Cl)ccc2N1. The molecule has 3 nitrogen and oxygen atoms in total.